The van der Waals surface area contributed by atoms with Crippen LogP contribution in [0.1, 0.15) is 132 Å². The SMILES string of the molecule is CC(C)C1=C2[C@H]3CC[C@@H]4[C@@]5(C)CC[C@H](OC(=O)CC(C)(C)C(=O)O)C(C)(C)[C@@H]5CC[C@@]4(C)[C@]3(C)CCC2([C@@H]2CN(Cc3ccc(Cl)cc3)CC(=O)N2)CC1=O. The van der Waals surface area contributed by atoms with Crippen LogP contribution in [-0.4, -0.2) is 58.9 Å². The number of ketones is 1. The number of amides is 1. The second-order valence-corrected chi connectivity index (χ2v) is 21.4. The van der Waals surface area contributed by atoms with E-state index in [0.717, 1.165) is 62.5 Å². The molecule has 1 aromatic carbocycles. The molecule has 0 spiro atoms. The van der Waals surface area contributed by atoms with Crippen LogP contribution in [0, 0.1) is 56.2 Å². The van der Waals surface area contributed by atoms with E-state index in [0.29, 0.717) is 42.9 Å². The number of allylic oxidation sites excluding steroid dienone is 1. The molecule has 7 rings (SSSR count). The minimum atomic E-state index is -1.17. The first-order valence-corrected chi connectivity index (χ1v) is 21.4. The highest BCUT2D eigenvalue weighted by Crippen LogP contribution is 2.77. The van der Waals surface area contributed by atoms with E-state index in [-0.39, 0.29) is 69.2 Å². The molecule has 1 heterocycles. The van der Waals surface area contributed by atoms with Crippen molar-refractivity contribution in [3.8, 4) is 0 Å². The van der Waals surface area contributed by atoms with Crippen molar-refractivity contribution in [3.63, 3.8) is 0 Å². The minimum absolute atomic E-state index is 0.00890. The summed E-state index contributed by atoms with van der Waals surface area (Å²) in [5, 5.41) is 13.8. The van der Waals surface area contributed by atoms with Crippen molar-refractivity contribution in [1.29, 1.82) is 0 Å². The number of nitrogens with zero attached hydrogens (tertiary/aromatic N) is 1. The summed E-state index contributed by atoms with van der Waals surface area (Å²) in [6.45, 7) is 21.5. The number of carbonyl (C=O) groups excluding carboxylic acids is 3. The van der Waals surface area contributed by atoms with Gasteiger partial charge in [0.05, 0.1) is 24.4 Å². The van der Waals surface area contributed by atoms with Gasteiger partial charge in [-0.25, -0.2) is 0 Å². The first kappa shape index (κ1) is 40.5. The second kappa shape index (κ2) is 13.7. The Balaban J connectivity index is 1.18. The maximum absolute atomic E-state index is 14.3. The largest absolute Gasteiger partial charge is 0.481 e. The number of piperazine rings is 1. The van der Waals surface area contributed by atoms with Crippen LogP contribution in [0.2, 0.25) is 5.02 Å². The van der Waals surface area contributed by atoms with Crippen molar-refractivity contribution >= 4 is 35.2 Å². The lowest BCUT2D eigenvalue weighted by Gasteiger charge is -2.72. The fraction of sp³-hybridized carbons (Fsp3) is 0.739. The average molecular weight is 777 g/mol. The second-order valence-electron chi connectivity index (χ2n) is 21.0. The van der Waals surface area contributed by atoms with Crippen molar-refractivity contribution < 1.29 is 29.0 Å². The highest BCUT2D eigenvalue weighted by molar-refractivity contribution is 6.30. The van der Waals surface area contributed by atoms with Crippen LogP contribution >= 0.6 is 11.6 Å². The minimum Gasteiger partial charge on any atom is -0.481 e. The Morgan fingerprint density at radius 1 is 0.945 bits per heavy atom. The summed E-state index contributed by atoms with van der Waals surface area (Å²) in [5.41, 5.74) is 1.85. The summed E-state index contributed by atoms with van der Waals surface area (Å²) >= 11 is 6.19. The summed E-state index contributed by atoms with van der Waals surface area (Å²) in [6, 6.07) is 7.75. The number of hydrogen-bond donors (Lipinski definition) is 2. The summed E-state index contributed by atoms with van der Waals surface area (Å²) in [5.74, 6) is 0.148. The van der Waals surface area contributed by atoms with Gasteiger partial charge in [0, 0.05) is 35.4 Å². The van der Waals surface area contributed by atoms with Crippen molar-refractivity contribution in [2.75, 3.05) is 13.1 Å². The summed E-state index contributed by atoms with van der Waals surface area (Å²) < 4.78 is 6.19. The van der Waals surface area contributed by atoms with E-state index < -0.39 is 17.4 Å². The first-order chi connectivity index (χ1) is 25.6. The highest BCUT2D eigenvalue weighted by Gasteiger charge is 2.71. The number of ether oxygens (including phenoxy) is 1. The molecule has 302 valence electrons. The predicted molar refractivity (Wildman–Crippen MR) is 214 cm³/mol. The third-order valence-electron chi connectivity index (χ3n) is 17.0. The Kier molecular flexibility index (Phi) is 10.1. The van der Waals surface area contributed by atoms with E-state index in [2.05, 4.69) is 58.7 Å². The predicted octanol–water partition coefficient (Wildman–Crippen LogP) is 9.03. The molecule has 1 aliphatic heterocycles. The van der Waals surface area contributed by atoms with Crippen LogP contribution < -0.4 is 5.32 Å². The molecule has 6 aliphatic rings. The number of carboxylic acid groups (broad SMARTS) is 1. The molecule has 0 radical (unpaired) electrons. The van der Waals surface area contributed by atoms with Gasteiger partial charge in [0.25, 0.3) is 0 Å². The van der Waals surface area contributed by atoms with Crippen molar-refractivity contribution in [2.24, 2.45) is 56.2 Å². The van der Waals surface area contributed by atoms with Gasteiger partial charge in [-0.05, 0) is 128 Å². The smallest absolute Gasteiger partial charge is 0.309 e. The first-order valence-electron chi connectivity index (χ1n) is 21.1. The van der Waals surface area contributed by atoms with Gasteiger partial charge in [-0.3, -0.25) is 24.1 Å². The number of halogens is 1. The maximum atomic E-state index is 14.3. The number of carboxylic acids is 1. The van der Waals surface area contributed by atoms with Crippen LogP contribution in [0.4, 0.5) is 0 Å². The average Bonchev–Trinajstić information content (AvgIpc) is 3.40. The van der Waals surface area contributed by atoms with Gasteiger partial charge in [-0.15, -0.1) is 0 Å². The van der Waals surface area contributed by atoms with Gasteiger partial charge in [0.2, 0.25) is 5.91 Å². The molecule has 1 unspecified atom stereocenters. The molecule has 8 nitrogen and oxygen atoms in total. The van der Waals surface area contributed by atoms with Crippen LogP contribution in [0.3, 0.4) is 0 Å². The van der Waals surface area contributed by atoms with Crippen LogP contribution in [0.25, 0.3) is 0 Å². The third-order valence-corrected chi connectivity index (χ3v) is 17.2. The number of fused-ring (bicyclic) bond motifs is 7. The molecule has 5 fully saturated rings. The lowest BCUT2D eigenvalue weighted by Crippen LogP contribution is -2.67. The lowest BCUT2D eigenvalue weighted by molar-refractivity contribution is -0.234. The molecule has 9 atom stereocenters. The van der Waals surface area contributed by atoms with E-state index in [1.165, 1.54) is 5.57 Å². The van der Waals surface area contributed by atoms with Gasteiger partial charge < -0.3 is 15.2 Å². The van der Waals surface area contributed by atoms with Crippen LogP contribution in [0.5, 0.6) is 0 Å². The van der Waals surface area contributed by atoms with Crippen molar-refractivity contribution in [1.82, 2.24) is 10.2 Å². The van der Waals surface area contributed by atoms with Gasteiger partial charge in [-0.2, -0.15) is 0 Å². The summed E-state index contributed by atoms with van der Waals surface area (Å²) in [7, 11) is 0. The number of aliphatic carboxylic acids is 1. The Bertz CT molecular complexity index is 1780. The Hall–Kier alpha value is -2.71. The number of Topliss-reactive ketones (excluding diaryl/α,β-unsaturated/α-hetero) is 1. The van der Waals surface area contributed by atoms with Crippen molar-refractivity contribution in [2.45, 2.75) is 145 Å². The Labute approximate surface area is 333 Å². The molecule has 55 heavy (non-hydrogen) atoms. The normalized spacial score (nSPS) is 38.8. The molecule has 0 bridgehead atoms. The molecule has 1 amide bonds. The molecule has 2 N–H and O–H groups in total. The fourth-order valence-electron chi connectivity index (χ4n) is 14.0. The number of nitrogens with one attached hydrogen (secondary N) is 1. The molecule has 4 saturated carbocycles. The number of esters is 1. The standard InChI is InChI=1S/C46H65ClN2O6/c1-27(2)38-31(50)22-46(34-25-49(26-36(51)48-34)24-28-10-12-29(47)13-11-28)21-20-44(8)30(39(38)46)14-15-33-43(7)18-17-35(55-37(52)23-41(3,4)40(53)54)42(5,6)32(43)16-19-45(33,44)9/h10-13,27,30,32-35H,14-26H2,1-9H3,(H,48,51)(H,53,54)/t30-,32+,33-,34+,35+,43+,44-,45-,46?/m1/s1. The van der Waals surface area contributed by atoms with Gasteiger partial charge in [0.1, 0.15) is 6.10 Å². The molecule has 5 aliphatic carbocycles. The zero-order valence-corrected chi connectivity index (χ0v) is 35.5. The van der Waals surface area contributed by atoms with Gasteiger partial charge >= 0.3 is 11.9 Å². The fourth-order valence-corrected chi connectivity index (χ4v) is 14.2. The zero-order chi connectivity index (χ0) is 40.1. The number of carbonyl (C=O) groups is 4. The number of benzene rings is 1. The molecule has 1 saturated heterocycles. The van der Waals surface area contributed by atoms with Crippen LogP contribution in [0.15, 0.2) is 35.4 Å². The summed E-state index contributed by atoms with van der Waals surface area (Å²) in [6.07, 6.45) is 8.04. The number of rotatable bonds is 8. The van der Waals surface area contributed by atoms with E-state index in [4.69, 9.17) is 16.3 Å². The lowest BCUT2D eigenvalue weighted by atomic mass is 9.32. The third kappa shape index (κ3) is 6.33. The number of hydrogen-bond acceptors (Lipinski definition) is 6. The molecule has 9 heteroatoms. The highest BCUT2D eigenvalue weighted by atomic mass is 35.5. The van der Waals surface area contributed by atoms with E-state index >= 15 is 0 Å². The Morgan fingerprint density at radius 2 is 1.64 bits per heavy atom. The van der Waals surface area contributed by atoms with Gasteiger partial charge in [0.15, 0.2) is 5.78 Å². The van der Waals surface area contributed by atoms with Gasteiger partial charge in [-0.1, -0.05) is 77.8 Å². The Morgan fingerprint density at radius 3 is 2.29 bits per heavy atom. The monoisotopic (exact) mass is 776 g/mol. The quantitative estimate of drug-likeness (QED) is 0.254. The molecular formula is C46H65ClN2O6. The molecule has 0 aromatic heterocycles. The molecule has 1 aromatic rings. The zero-order valence-electron chi connectivity index (χ0n) is 34.8. The van der Waals surface area contributed by atoms with Crippen molar-refractivity contribution in [3.05, 3.63) is 46.0 Å². The maximum Gasteiger partial charge on any atom is 0.309 e. The van der Waals surface area contributed by atoms with Crippen LogP contribution in [-0.2, 0) is 30.5 Å². The topological polar surface area (TPSA) is 113 Å². The molecular weight excluding hydrogens is 712 g/mol. The van der Waals surface area contributed by atoms with E-state index in [1.54, 1.807) is 13.8 Å². The van der Waals surface area contributed by atoms with E-state index in [9.17, 15) is 24.3 Å². The van der Waals surface area contributed by atoms with E-state index in [1.807, 2.05) is 24.3 Å². The summed E-state index contributed by atoms with van der Waals surface area (Å²) in [4.78, 5) is 55.0.